The number of rotatable bonds is 2. The average Bonchev–Trinajstić information content (AvgIpc) is 2.08. The van der Waals surface area contributed by atoms with Crippen LogP contribution in [0.1, 0.15) is 25.0 Å². The van der Waals surface area contributed by atoms with E-state index in [1.807, 2.05) is 17.7 Å². The van der Waals surface area contributed by atoms with Crippen molar-refractivity contribution in [3.8, 4) is 10.5 Å². The molecule has 1 aromatic rings. The molecule has 62 valence electrons. The van der Waals surface area contributed by atoms with Gasteiger partial charge in [-0.2, -0.15) is 0 Å². The molecular weight excluding hydrogens is 151 g/mol. The van der Waals surface area contributed by atoms with Crippen LogP contribution in [0, 0.1) is 16.4 Å². The number of hydrogen-bond acceptors (Lipinski definition) is 0. The van der Waals surface area contributed by atoms with Crippen LogP contribution in [-0.4, -0.2) is 17.7 Å². The molecule has 0 fully saturated rings. The zero-order chi connectivity index (χ0) is 9.68. The summed E-state index contributed by atoms with van der Waals surface area (Å²) in [6.45, 7) is 4.47. The third-order valence-corrected chi connectivity index (χ3v) is 1.87. The zero-order valence-electron chi connectivity index (χ0n) is 8.59. The molecule has 0 unspecified atom stereocenters. The van der Waals surface area contributed by atoms with Crippen LogP contribution in [0.25, 0.3) is 0 Å². The SMILES string of the molecule is [Li][C]#Cc1ccc(CC(C)C)cc1. The molecule has 0 N–H and O–H groups in total. The second-order valence-corrected chi connectivity index (χ2v) is 3.67. The minimum absolute atomic E-state index is 0.725. The van der Waals surface area contributed by atoms with Crippen molar-refractivity contribution in [1.29, 1.82) is 0 Å². The second-order valence-electron chi connectivity index (χ2n) is 3.67. The molecule has 0 aromatic heterocycles. The molecule has 1 rings (SSSR count). The Morgan fingerprint density at radius 3 is 2.31 bits per heavy atom. The van der Waals surface area contributed by atoms with Gasteiger partial charge in [-0.3, -0.25) is 0 Å². The Morgan fingerprint density at radius 1 is 1.23 bits per heavy atom. The van der Waals surface area contributed by atoms with Crippen LogP contribution in [0.4, 0.5) is 0 Å². The van der Waals surface area contributed by atoms with Crippen molar-refractivity contribution in [2.24, 2.45) is 5.92 Å². The molecule has 0 aliphatic carbocycles. The Balaban J connectivity index is 2.73. The maximum atomic E-state index is 3.04. The van der Waals surface area contributed by atoms with Crippen LogP contribution < -0.4 is 0 Å². The van der Waals surface area contributed by atoms with Gasteiger partial charge in [-0.05, 0) is 0 Å². The summed E-state index contributed by atoms with van der Waals surface area (Å²) in [7, 11) is 0. The van der Waals surface area contributed by atoms with E-state index in [0.717, 1.165) is 17.9 Å². The third-order valence-electron chi connectivity index (χ3n) is 1.87. The maximum absolute atomic E-state index is 3.04. The first-order chi connectivity index (χ1) is 6.22. The molecule has 0 bridgehead atoms. The van der Waals surface area contributed by atoms with Gasteiger partial charge >= 0.3 is 89.8 Å². The predicted octanol–water partition coefficient (Wildman–Crippen LogP) is 2.36. The summed E-state index contributed by atoms with van der Waals surface area (Å²) in [5, 5.41) is 0. The molecule has 1 aromatic carbocycles. The third kappa shape index (κ3) is 3.73. The second kappa shape index (κ2) is 5.18. The zero-order valence-corrected chi connectivity index (χ0v) is 8.59. The molecule has 0 atom stereocenters. The van der Waals surface area contributed by atoms with Crippen molar-refractivity contribution in [2.75, 3.05) is 0 Å². The predicted molar refractivity (Wildman–Crippen MR) is 57.6 cm³/mol. The Kier molecular flexibility index (Phi) is 4.17. The first kappa shape index (κ1) is 10.5. The normalized spacial score (nSPS) is 9.62. The van der Waals surface area contributed by atoms with Crippen molar-refractivity contribution >= 4 is 17.7 Å². The van der Waals surface area contributed by atoms with Gasteiger partial charge in [-0.1, -0.05) is 0 Å². The average molecular weight is 164 g/mol. The summed E-state index contributed by atoms with van der Waals surface area (Å²) in [5.41, 5.74) is 2.51. The van der Waals surface area contributed by atoms with Gasteiger partial charge in [0.1, 0.15) is 0 Å². The van der Waals surface area contributed by atoms with E-state index < -0.39 is 0 Å². The minimum atomic E-state index is 0.725. The van der Waals surface area contributed by atoms with E-state index >= 15 is 0 Å². The Labute approximate surface area is 89.9 Å². The number of hydrogen-bond donors (Lipinski definition) is 0. The summed E-state index contributed by atoms with van der Waals surface area (Å²) < 4.78 is 2.89. The van der Waals surface area contributed by atoms with Crippen LogP contribution in [0.2, 0.25) is 0 Å². The Bertz CT molecular complexity index is 311. The number of benzene rings is 1. The van der Waals surface area contributed by atoms with Crippen LogP contribution in [0.15, 0.2) is 24.3 Å². The molecule has 0 nitrogen and oxygen atoms in total. The van der Waals surface area contributed by atoms with E-state index in [1.165, 1.54) is 5.56 Å². The van der Waals surface area contributed by atoms with Gasteiger partial charge in [0.25, 0.3) is 0 Å². The first-order valence-electron chi connectivity index (χ1n) is 4.74. The molecule has 0 saturated heterocycles. The van der Waals surface area contributed by atoms with Gasteiger partial charge in [0.2, 0.25) is 0 Å². The molecule has 0 spiro atoms. The molecule has 0 aliphatic heterocycles. The summed E-state index contributed by atoms with van der Waals surface area (Å²) in [5.74, 6) is 3.76. The summed E-state index contributed by atoms with van der Waals surface area (Å²) in [6.07, 6.45) is 1.15. The van der Waals surface area contributed by atoms with Crippen LogP contribution in [-0.2, 0) is 6.42 Å². The van der Waals surface area contributed by atoms with Crippen molar-refractivity contribution in [2.45, 2.75) is 20.3 Å². The van der Waals surface area contributed by atoms with Gasteiger partial charge in [-0.15, -0.1) is 0 Å². The fraction of sp³-hybridized carbons (Fsp3) is 0.333. The Morgan fingerprint density at radius 2 is 1.85 bits per heavy atom. The quantitative estimate of drug-likeness (QED) is 0.465. The van der Waals surface area contributed by atoms with Gasteiger partial charge in [0, 0.05) is 0 Å². The van der Waals surface area contributed by atoms with Crippen LogP contribution in [0.3, 0.4) is 0 Å². The molecular formula is C12H13Li. The summed E-state index contributed by atoms with van der Waals surface area (Å²) >= 11 is 1.86. The van der Waals surface area contributed by atoms with E-state index in [0.29, 0.717) is 0 Å². The first-order valence-corrected chi connectivity index (χ1v) is 4.74. The van der Waals surface area contributed by atoms with E-state index in [-0.39, 0.29) is 0 Å². The van der Waals surface area contributed by atoms with E-state index in [9.17, 15) is 0 Å². The molecule has 1 heteroatoms. The molecule has 13 heavy (non-hydrogen) atoms. The molecule has 0 radical (unpaired) electrons. The Hall–Kier alpha value is -0.623. The molecule has 0 aliphatic rings. The fourth-order valence-corrected chi connectivity index (χ4v) is 1.34. The monoisotopic (exact) mass is 164 g/mol. The molecule has 0 saturated carbocycles. The van der Waals surface area contributed by atoms with Crippen molar-refractivity contribution in [1.82, 2.24) is 0 Å². The molecule has 0 heterocycles. The fourth-order valence-electron chi connectivity index (χ4n) is 1.34. The van der Waals surface area contributed by atoms with Crippen LogP contribution >= 0.6 is 0 Å². The van der Waals surface area contributed by atoms with Gasteiger partial charge in [-0.25, -0.2) is 0 Å². The van der Waals surface area contributed by atoms with E-state index in [1.54, 1.807) is 0 Å². The van der Waals surface area contributed by atoms with E-state index in [4.69, 9.17) is 0 Å². The standard InChI is InChI=1S/C12H13.Li/c1-4-11-5-7-12(8-6-11)9-10(2)3;/h5-8,10H,9H2,2-3H3;. The van der Waals surface area contributed by atoms with Gasteiger partial charge in [0.05, 0.1) is 0 Å². The van der Waals surface area contributed by atoms with Gasteiger partial charge in [0.15, 0.2) is 0 Å². The summed E-state index contributed by atoms with van der Waals surface area (Å²) in [6, 6.07) is 8.52. The van der Waals surface area contributed by atoms with Gasteiger partial charge < -0.3 is 0 Å². The molecule has 0 amide bonds. The van der Waals surface area contributed by atoms with Crippen molar-refractivity contribution in [3.05, 3.63) is 35.4 Å². The van der Waals surface area contributed by atoms with Crippen LogP contribution in [0.5, 0.6) is 0 Å². The van der Waals surface area contributed by atoms with E-state index in [2.05, 4.69) is 48.6 Å². The topological polar surface area (TPSA) is 0 Å². The van der Waals surface area contributed by atoms with Crippen molar-refractivity contribution in [3.63, 3.8) is 0 Å². The summed E-state index contributed by atoms with van der Waals surface area (Å²) in [4.78, 5) is 0. The van der Waals surface area contributed by atoms with Crippen molar-refractivity contribution < 1.29 is 0 Å².